The van der Waals surface area contributed by atoms with E-state index in [1.165, 1.54) is 0 Å². The Labute approximate surface area is 30.0 Å². The van der Waals surface area contributed by atoms with Gasteiger partial charge in [-0.05, 0) is 0 Å². The zero-order valence-electron chi connectivity index (χ0n) is 1.72. The van der Waals surface area contributed by atoms with Gasteiger partial charge in [-0.15, -0.1) is 0 Å². The van der Waals surface area contributed by atoms with Crippen LogP contribution in [0.25, 0.3) is 0 Å². The Bertz CT molecular complexity index is 26.3. The van der Waals surface area contributed by atoms with Gasteiger partial charge in [-0.25, -0.2) is 0 Å². The van der Waals surface area contributed by atoms with Gasteiger partial charge in [0.1, 0.15) is 0 Å². The van der Waals surface area contributed by atoms with Crippen LogP contribution in [-0.4, -0.2) is 0 Å². The van der Waals surface area contributed by atoms with Gasteiger partial charge >= 0.3 is 29.3 Å². The molecule has 3 nitrogen and oxygen atoms in total. The van der Waals surface area contributed by atoms with Crippen molar-refractivity contribution in [1.82, 2.24) is 0 Å². The number of rotatable bonds is 0. The Morgan fingerprint density at radius 2 is 1.50 bits per heavy atom. The van der Waals surface area contributed by atoms with Gasteiger partial charge in [-0.2, -0.15) is 0 Å². The van der Waals surface area contributed by atoms with E-state index >= 15 is 0 Å². The molecule has 0 atom stereocenters. The van der Waals surface area contributed by atoms with Crippen LogP contribution in [0.4, 0.5) is 0 Å². The SMILES string of the molecule is [O]=[Ti]([O-])[O-]. The van der Waals surface area contributed by atoms with E-state index in [0.29, 0.717) is 0 Å². The second-order valence-electron chi connectivity index (χ2n) is 0.250. The maximum absolute atomic E-state index is 8.58. The molecule has 0 aromatic heterocycles. The fourth-order valence-electron chi connectivity index (χ4n) is 0. The van der Waals surface area contributed by atoms with Crippen molar-refractivity contribution in [2.24, 2.45) is 0 Å². The van der Waals surface area contributed by atoms with E-state index in [1.807, 2.05) is 0 Å². The Morgan fingerprint density at radius 3 is 1.50 bits per heavy atom. The number of hydrogen-bond donors (Lipinski definition) is 0. The van der Waals surface area contributed by atoms with Gasteiger partial charge < -0.3 is 0 Å². The number of hydrogen-bond acceptors (Lipinski definition) is 3. The predicted molar refractivity (Wildman–Crippen MR) is 0.686 cm³/mol. The van der Waals surface area contributed by atoms with E-state index in [-0.39, 0.29) is 0 Å². The zero-order valence-corrected chi connectivity index (χ0v) is 3.29. The minimum absolute atomic E-state index is 4.08. The molecular weight excluding hydrogens is 95.9 g/mol. The molecule has 0 saturated carbocycles. The molecule has 0 aliphatic heterocycles. The third-order valence-electron chi connectivity index (χ3n) is 0. The van der Waals surface area contributed by atoms with Crippen molar-refractivity contribution in [3.8, 4) is 0 Å². The van der Waals surface area contributed by atoms with Gasteiger partial charge in [0.25, 0.3) is 0 Å². The van der Waals surface area contributed by atoms with Crippen molar-refractivity contribution in [3.63, 3.8) is 0 Å². The summed E-state index contributed by atoms with van der Waals surface area (Å²) in [6.45, 7) is 0. The van der Waals surface area contributed by atoms with Crippen molar-refractivity contribution >= 4 is 0 Å². The van der Waals surface area contributed by atoms with Crippen molar-refractivity contribution < 1.29 is 29.3 Å². The van der Waals surface area contributed by atoms with E-state index in [9.17, 15) is 0 Å². The van der Waals surface area contributed by atoms with E-state index in [1.54, 1.807) is 0 Å². The fourth-order valence-corrected chi connectivity index (χ4v) is 0. The van der Waals surface area contributed by atoms with Crippen LogP contribution >= 0.6 is 0 Å². The normalized spacial score (nSPS) is 6.50. The summed E-state index contributed by atoms with van der Waals surface area (Å²) < 4.78 is 25.8. The topological polar surface area (TPSA) is 63.2 Å². The van der Waals surface area contributed by atoms with Crippen LogP contribution in [-0.2, 0) is 21.9 Å². The Morgan fingerprint density at radius 1 is 1.50 bits per heavy atom. The first-order chi connectivity index (χ1) is 1.73. The molecule has 0 heterocycles. The summed E-state index contributed by atoms with van der Waals surface area (Å²) in [7, 11) is 0. The van der Waals surface area contributed by atoms with Gasteiger partial charge in [0.05, 0.1) is 0 Å². The molecule has 24 valence electrons. The Hall–Kier alpha value is 0.434. The molecule has 0 aromatic rings. The van der Waals surface area contributed by atoms with Gasteiger partial charge in [0.2, 0.25) is 0 Å². The first kappa shape index (κ1) is 4.43. The molecule has 0 N–H and O–H groups in total. The first-order valence-corrected chi connectivity index (χ1v) is 2.52. The summed E-state index contributed by atoms with van der Waals surface area (Å²) in [6.07, 6.45) is 0. The summed E-state index contributed by atoms with van der Waals surface area (Å²) >= 11 is -4.08. The van der Waals surface area contributed by atoms with Crippen LogP contribution in [0.1, 0.15) is 0 Å². The second-order valence-corrected chi connectivity index (χ2v) is 1.03. The average molecular weight is 95.9 g/mol. The van der Waals surface area contributed by atoms with Gasteiger partial charge in [0, 0.05) is 0 Å². The third kappa shape index (κ3) is 26.6. The molecule has 0 amide bonds. The molecule has 0 aliphatic carbocycles. The van der Waals surface area contributed by atoms with Crippen molar-refractivity contribution in [1.29, 1.82) is 0 Å². The molecule has 4 heavy (non-hydrogen) atoms. The molecule has 0 bridgehead atoms. The Balaban J connectivity index is 2.80. The summed E-state index contributed by atoms with van der Waals surface area (Å²) in [4.78, 5) is 0. The average Bonchev–Trinajstić information content (AvgIpc) is 0.811. The van der Waals surface area contributed by atoms with Crippen molar-refractivity contribution in [2.75, 3.05) is 0 Å². The molecule has 0 aromatic carbocycles. The van der Waals surface area contributed by atoms with E-state index in [0.717, 1.165) is 0 Å². The van der Waals surface area contributed by atoms with Crippen LogP contribution in [0.5, 0.6) is 0 Å². The molecule has 0 aliphatic rings. The van der Waals surface area contributed by atoms with Crippen LogP contribution in [0.2, 0.25) is 0 Å². The zero-order chi connectivity index (χ0) is 3.58. The monoisotopic (exact) mass is 95.9 g/mol. The molecule has 0 radical (unpaired) electrons. The third-order valence-corrected chi connectivity index (χ3v) is 0. The summed E-state index contributed by atoms with van der Waals surface area (Å²) in [5, 5.41) is 0. The van der Waals surface area contributed by atoms with E-state index in [4.69, 9.17) is 10.7 Å². The fraction of sp³-hybridized carbons (Fsp3) is 0. The summed E-state index contributed by atoms with van der Waals surface area (Å²) in [6, 6.07) is 0. The van der Waals surface area contributed by atoms with Crippen molar-refractivity contribution in [3.05, 3.63) is 0 Å². The molecule has 0 rings (SSSR count). The van der Waals surface area contributed by atoms with Crippen molar-refractivity contribution in [2.45, 2.75) is 0 Å². The standard InChI is InChI=1S/3O.Ti/q;2*-1;. The second kappa shape index (κ2) is 1.73. The van der Waals surface area contributed by atoms with E-state index < -0.39 is 18.6 Å². The predicted octanol–water partition coefficient (Wildman–Crippen LogP) is -2.50. The summed E-state index contributed by atoms with van der Waals surface area (Å²) in [5.74, 6) is 0. The Kier molecular flexibility index (Phi) is 1.91. The van der Waals surface area contributed by atoms with Crippen LogP contribution in [0.3, 0.4) is 0 Å². The molecule has 0 saturated heterocycles. The first-order valence-electron chi connectivity index (χ1n) is 0.612. The van der Waals surface area contributed by atoms with Gasteiger partial charge in [0.15, 0.2) is 0 Å². The molecule has 0 unspecified atom stereocenters. The van der Waals surface area contributed by atoms with Crippen LogP contribution in [0, 0.1) is 0 Å². The quantitative estimate of drug-likeness (QED) is 0.313. The molecule has 4 heteroatoms. The molecular formula is O3Ti-2. The van der Waals surface area contributed by atoms with E-state index in [2.05, 4.69) is 0 Å². The van der Waals surface area contributed by atoms with Crippen LogP contribution < -0.4 is 7.38 Å². The minimum atomic E-state index is -4.08. The summed E-state index contributed by atoms with van der Waals surface area (Å²) in [5.41, 5.74) is 0. The van der Waals surface area contributed by atoms with Crippen LogP contribution in [0.15, 0.2) is 0 Å². The molecule has 0 spiro atoms. The molecule has 0 fully saturated rings. The maximum atomic E-state index is 8.58. The van der Waals surface area contributed by atoms with Gasteiger partial charge in [-0.3, -0.25) is 0 Å². The van der Waals surface area contributed by atoms with Gasteiger partial charge in [-0.1, -0.05) is 0 Å².